The van der Waals surface area contributed by atoms with Gasteiger partial charge in [-0.15, -0.1) is 10.2 Å². The van der Waals surface area contributed by atoms with Gasteiger partial charge in [0, 0.05) is 12.6 Å². The first-order chi connectivity index (χ1) is 11.8. The highest BCUT2D eigenvalue weighted by Gasteiger charge is 2.32. The van der Waals surface area contributed by atoms with E-state index in [9.17, 15) is 0 Å². The number of para-hydroxylation sites is 1. The molecule has 2 fully saturated rings. The van der Waals surface area contributed by atoms with Gasteiger partial charge in [0.15, 0.2) is 0 Å². The van der Waals surface area contributed by atoms with E-state index in [1.807, 2.05) is 24.3 Å². The molecule has 5 nitrogen and oxygen atoms in total. The van der Waals surface area contributed by atoms with Crippen LogP contribution in [0.4, 0.5) is 0 Å². The molecule has 1 aliphatic heterocycles. The van der Waals surface area contributed by atoms with Crippen molar-refractivity contribution >= 4 is 0 Å². The second kappa shape index (κ2) is 6.93. The molecule has 5 heteroatoms. The topological polar surface area (TPSA) is 51.4 Å². The molecular weight excluding hydrogens is 302 g/mol. The minimum absolute atomic E-state index is 0.364. The average molecular weight is 327 g/mol. The molecule has 0 bridgehead atoms. The van der Waals surface area contributed by atoms with Crippen molar-refractivity contribution in [3.63, 3.8) is 0 Å². The van der Waals surface area contributed by atoms with Gasteiger partial charge in [0.1, 0.15) is 5.75 Å². The summed E-state index contributed by atoms with van der Waals surface area (Å²) in [5.41, 5.74) is 0.862. The smallest absolute Gasteiger partial charge is 0.251 e. The van der Waals surface area contributed by atoms with E-state index in [4.69, 9.17) is 9.15 Å². The number of rotatable bonds is 4. The van der Waals surface area contributed by atoms with E-state index in [1.165, 1.54) is 32.1 Å². The first-order valence-electron chi connectivity index (χ1n) is 9.06. The molecule has 128 valence electrons. The van der Waals surface area contributed by atoms with Gasteiger partial charge in [-0.25, -0.2) is 0 Å². The second-order valence-electron chi connectivity index (χ2n) is 6.92. The Morgan fingerprint density at radius 1 is 1.08 bits per heavy atom. The zero-order valence-electron chi connectivity index (χ0n) is 14.3. The van der Waals surface area contributed by atoms with E-state index in [0.717, 1.165) is 42.8 Å². The molecule has 1 aliphatic carbocycles. The molecule has 1 saturated carbocycles. The van der Waals surface area contributed by atoms with Crippen LogP contribution >= 0.6 is 0 Å². The van der Waals surface area contributed by atoms with Gasteiger partial charge in [0.05, 0.1) is 18.6 Å². The summed E-state index contributed by atoms with van der Waals surface area (Å²) in [6, 6.07) is 8.54. The average Bonchev–Trinajstić information content (AvgIpc) is 3.32. The maximum Gasteiger partial charge on any atom is 0.251 e. The van der Waals surface area contributed by atoms with Crippen molar-refractivity contribution in [3.05, 3.63) is 30.2 Å². The third-order valence-corrected chi connectivity index (χ3v) is 5.44. The summed E-state index contributed by atoms with van der Waals surface area (Å²) in [4.78, 5) is 2.64. The Labute approximate surface area is 143 Å². The molecular formula is C19H25N3O2. The van der Waals surface area contributed by atoms with Crippen LogP contribution in [-0.2, 0) is 0 Å². The normalized spacial score (nSPS) is 22.8. The fraction of sp³-hybridized carbons (Fsp3) is 0.579. The highest BCUT2D eigenvalue weighted by molar-refractivity contribution is 5.62. The summed E-state index contributed by atoms with van der Waals surface area (Å²) in [5, 5.41) is 8.59. The highest BCUT2D eigenvalue weighted by atomic mass is 16.5. The third-order valence-electron chi connectivity index (χ3n) is 5.44. The van der Waals surface area contributed by atoms with E-state index in [2.05, 4.69) is 15.1 Å². The molecule has 2 aromatic rings. The van der Waals surface area contributed by atoms with Crippen molar-refractivity contribution < 1.29 is 9.15 Å². The SMILES string of the molecule is COc1ccccc1-c1nnc([C@H]2CCN(C3CCCCC3)C2)o1. The van der Waals surface area contributed by atoms with Gasteiger partial charge in [-0.05, 0) is 37.9 Å². The fourth-order valence-electron chi connectivity index (χ4n) is 4.10. The van der Waals surface area contributed by atoms with E-state index in [1.54, 1.807) is 7.11 Å². The second-order valence-corrected chi connectivity index (χ2v) is 6.92. The maximum atomic E-state index is 6.00. The van der Waals surface area contributed by atoms with Crippen LogP contribution < -0.4 is 4.74 Å². The number of hydrogen-bond acceptors (Lipinski definition) is 5. The first kappa shape index (κ1) is 15.6. The van der Waals surface area contributed by atoms with Crippen LogP contribution in [0, 0.1) is 0 Å². The zero-order valence-corrected chi connectivity index (χ0v) is 14.3. The summed E-state index contributed by atoms with van der Waals surface area (Å²) in [6.45, 7) is 2.21. The van der Waals surface area contributed by atoms with Gasteiger partial charge in [-0.3, -0.25) is 4.90 Å². The molecule has 0 spiro atoms. The lowest BCUT2D eigenvalue weighted by molar-refractivity contribution is 0.187. The standard InChI is InChI=1S/C19H25N3O2/c1-23-17-10-6-5-9-16(17)19-21-20-18(24-19)14-11-12-22(13-14)15-7-3-2-4-8-15/h5-6,9-10,14-15H,2-4,7-8,11-13H2,1H3/t14-/m0/s1. The van der Waals surface area contributed by atoms with Crippen molar-refractivity contribution in [1.29, 1.82) is 0 Å². The molecule has 2 aliphatic rings. The number of hydrogen-bond donors (Lipinski definition) is 0. The van der Waals surface area contributed by atoms with E-state index in [0.29, 0.717) is 11.8 Å². The summed E-state index contributed by atoms with van der Waals surface area (Å²) < 4.78 is 11.4. The molecule has 1 aromatic carbocycles. The molecule has 24 heavy (non-hydrogen) atoms. The first-order valence-corrected chi connectivity index (χ1v) is 9.06. The number of aromatic nitrogens is 2. The van der Waals surface area contributed by atoms with Crippen molar-refractivity contribution in [2.24, 2.45) is 0 Å². The predicted octanol–water partition coefficient (Wildman–Crippen LogP) is 3.87. The lowest BCUT2D eigenvalue weighted by Crippen LogP contribution is -2.34. The minimum Gasteiger partial charge on any atom is -0.496 e. The minimum atomic E-state index is 0.364. The monoisotopic (exact) mass is 327 g/mol. The largest absolute Gasteiger partial charge is 0.496 e. The van der Waals surface area contributed by atoms with E-state index < -0.39 is 0 Å². The molecule has 2 heterocycles. The number of benzene rings is 1. The van der Waals surface area contributed by atoms with Gasteiger partial charge in [-0.1, -0.05) is 31.4 Å². The molecule has 4 rings (SSSR count). The summed E-state index contributed by atoms with van der Waals surface area (Å²) in [5.74, 6) is 2.46. The number of nitrogens with zero attached hydrogens (tertiary/aromatic N) is 3. The maximum absolute atomic E-state index is 6.00. The van der Waals surface area contributed by atoms with Crippen LogP contribution in [0.15, 0.2) is 28.7 Å². The quantitative estimate of drug-likeness (QED) is 0.853. The van der Waals surface area contributed by atoms with Crippen LogP contribution in [0.5, 0.6) is 5.75 Å². The zero-order chi connectivity index (χ0) is 16.4. The van der Waals surface area contributed by atoms with Crippen molar-refractivity contribution in [2.75, 3.05) is 20.2 Å². The number of ether oxygens (including phenoxy) is 1. The Hall–Kier alpha value is -1.88. The van der Waals surface area contributed by atoms with Crippen LogP contribution in [0.1, 0.15) is 50.3 Å². The molecule has 0 N–H and O–H groups in total. The van der Waals surface area contributed by atoms with Gasteiger partial charge in [0.2, 0.25) is 5.89 Å². The molecule has 0 amide bonds. The summed E-state index contributed by atoms with van der Waals surface area (Å²) in [6.07, 6.45) is 7.98. The highest BCUT2D eigenvalue weighted by Crippen LogP contribution is 2.34. The molecule has 1 saturated heterocycles. The van der Waals surface area contributed by atoms with E-state index in [-0.39, 0.29) is 0 Å². The molecule has 1 atom stereocenters. The summed E-state index contributed by atoms with van der Waals surface area (Å²) >= 11 is 0. The van der Waals surface area contributed by atoms with Crippen LogP contribution in [0.25, 0.3) is 11.5 Å². The van der Waals surface area contributed by atoms with Crippen molar-refractivity contribution in [3.8, 4) is 17.2 Å². The fourth-order valence-corrected chi connectivity index (χ4v) is 4.10. The van der Waals surface area contributed by atoms with Gasteiger partial charge in [0.25, 0.3) is 5.89 Å². The Morgan fingerprint density at radius 3 is 2.75 bits per heavy atom. The Bertz CT molecular complexity index is 679. The number of methoxy groups -OCH3 is 1. The van der Waals surface area contributed by atoms with E-state index >= 15 is 0 Å². The third kappa shape index (κ3) is 3.05. The number of likely N-dealkylation sites (tertiary alicyclic amines) is 1. The van der Waals surface area contributed by atoms with Crippen LogP contribution in [0.2, 0.25) is 0 Å². The lowest BCUT2D eigenvalue weighted by Gasteiger charge is -2.30. The Balaban J connectivity index is 1.47. The van der Waals surface area contributed by atoms with Crippen LogP contribution in [0.3, 0.4) is 0 Å². The van der Waals surface area contributed by atoms with Crippen molar-refractivity contribution in [1.82, 2.24) is 15.1 Å². The van der Waals surface area contributed by atoms with Gasteiger partial charge >= 0.3 is 0 Å². The molecule has 0 unspecified atom stereocenters. The van der Waals surface area contributed by atoms with Gasteiger partial charge < -0.3 is 9.15 Å². The predicted molar refractivity (Wildman–Crippen MR) is 92.1 cm³/mol. The van der Waals surface area contributed by atoms with Gasteiger partial charge in [-0.2, -0.15) is 0 Å². The Morgan fingerprint density at radius 2 is 1.92 bits per heavy atom. The molecule has 1 aromatic heterocycles. The van der Waals surface area contributed by atoms with Crippen molar-refractivity contribution in [2.45, 2.75) is 50.5 Å². The molecule has 0 radical (unpaired) electrons. The lowest BCUT2D eigenvalue weighted by atomic mass is 9.94. The summed E-state index contributed by atoms with van der Waals surface area (Å²) in [7, 11) is 1.66. The Kier molecular flexibility index (Phi) is 4.52. The van der Waals surface area contributed by atoms with Crippen LogP contribution in [-0.4, -0.2) is 41.3 Å².